The van der Waals surface area contributed by atoms with Crippen LogP contribution < -0.4 is 0 Å². The van der Waals surface area contributed by atoms with E-state index in [-0.39, 0.29) is 51.4 Å². The van der Waals surface area contributed by atoms with Gasteiger partial charge in [-0.25, -0.2) is 0 Å². The van der Waals surface area contributed by atoms with E-state index in [4.69, 9.17) is 0 Å². The van der Waals surface area contributed by atoms with E-state index in [0.29, 0.717) is 11.8 Å². The van der Waals surface area contributed by atoms with E-state index in [9.17, 15) is 35.7 Å². The van der Waals surface area contributed by atoms with Crippen molar-refractivity contribution in [1.29, 1.82) is 0 Å². The van der Waals surface area contributed by atoms with E-state index >= 15 is 0 Å². The number of hydrogen-bond acceptors (Lipinski definition) is 7. The van der Waals surface area contributed by atoms with E-state index in [1.165, 1.54) is 5.57 Å². The third-order valence-corrected chi connectivity index (χ3v) is 14.5. The molecule has 0 saturated heterocycles. The molecule has 7 heteroatoms. The molecule has 0 spiro atoms. The van der Waals surface area contributed by atoms with Crippen molar-refractivity contribution in [3.05, 3.63) is 11.6 Å². The van der Waals surface area contributed by atoms with E-state index in [0.717, 1.165) is 57.8 Å². The van der Waals surface area contributed by atoms with Crippen LogP contribution in [0.5, 0.6) is 0 Å². The Hall–Kier alpha value is -0.540. The summed E-state index contributed by atoms with van der Waals surface area (Å²) in [7, 11) is 0. The predicted molar refractivity (Wildman–Crippen MR) is 169 cm³/mol. The minimum absolute atomic E-state index is 0.00367. The molecule has 43 heavy (non-hydrogen) atoms. The van der Waals surface area contributed by atoms with Crippen molar-refractivity contribution in [2.45, 2.75) is 150 Å². The summed E-state index contributed by atoms with van der Waals surface area (Å²) in [5, 5.41) is 75.0. The molecule has 4 rings (SSSR count). The highest BCUT2D eigenvalue weighted by Gasteiger charge is 2.70. The molecule has 0 aromatic carbocycles. The summed E-state index contributed by atoms with van der Waals surface area (Å²) in [6.45, 7) is 17.2. The van der Waals surface area contributed by atoms with E-state index < -0.39 is 37.1 Å². The first-order valence-electron chi connectivity index (χ1n) is 17.2. The molecule has 4 fully saturated rings. The Morgan fingerprint density at radius 1 is 0.814 bits per heavy atom. The lowest BCUT2D eigenvalue weighted by Crippen LogP contribution is -2.66. The third kappa shape index (κ3) is 5.70. The summed E-state index contributed by atoms with van der Waals surface area (Å²) < 4.78 is 0. The van der Waals surface area contributed by atoms with Gasteiger partial charge in [-0.1, -0.05) is 53.2 Å². The molecule has 250 valence electrons. The zero-order valence-corrected chi connectivity index (χ0v) is 28.2. The normalized spacial score (nSPS) is 44.6. The van der Waals surface area contributed by atoms with Crippen LogP contribution in [-0.2, 0) is 0 Å². The quantitative estimate of drug-likeness (QED) is 0.182. The van der Waals surface area contributed by atoms with Gasteiger partial charge in [-0.05, 0) is 129 Å². The Bertz CT molecular complexity index is 994. The zero-order valence-electron chi connectivity index (χ0n) is 28.2. The molecular weight excluding hydrogens is 544 g/mol. The van der Waals surface area contributed by atoms with Gasteiger partial charge in [-0.2, -0.15) is 0 Å². The lowest BCUT2D eigenvalue weighted by molar-refractivity contribution is -0.243. The van der Waals surface area contributed by atoms with Gasteiger partial charge < -0.3 is 35.7 Å². The predicted octanol–water partition coefficient (Wildman–Crippen LogP) is 4.44. The maximum absolute atomic E-state index is 12.2. The molecule has 0 radical (unpaired) electrons. The minimum Gasteiger partial charge on any atom is -0.394 e. The second-order valence-electron chi connectivity index (χ2n) is 17.0. The summed E-state index contributed by atoms with van der Waals surface area (Å²) in [5.41, 5.74) is 1.10. The fourth-order valence-electron chi connectivity index (χ4n) is 11.8. The van der Waals surface area contributed by atoms with Crippen molar-refractivity contribution in [3.63, 3.8) is 0 Å². The van der Waals surface area contributed by atoms with Crippen molar-refractivity contribution < 1.29 is 35.7 Å². The fraction of sp³-hybridized carbons (Fsp3) is 0.944. The number of aliphatic hydroxyl groups is 7. The highest BCUT2D eigenvalue weighted by Crippen LogP contribution is 2.75. The SMILES string of the molecule is CC(C)=CCCC(C1CC[C@]2(C)C1[C@H](O)CC1[C@@]3(C)CC[C@H](O)C(C)(C)C3CC[C@]12C)C(C)[C@@H](O)C(O)C(O)C(O)CO. The second-order valence-corrected chi connectivity index (χ2v) is 17.0. The number of allylic oxidation sites excluding steroid dienone is 2. The molecule has 0 aliphatic heterocycles. The zero-order chi connectivity index (χ0) is 32.3. The molecule has 0 aromatic heterocycles. The summed E-state index contributed by atoms with van der Waals surface area (Å²) >= 11 is 0. The van der Waals surface area contributed by atoms with Crippen LogP contribution in [0.15, 0.2) is 11.6 Å². The minimum atomic E-state index is -1.65. The lowest BCUT2D eigenvalue weighted by Gasteiger charge is -2.70. The molecule has 15 atom stereocenters. The molecule has 7 N–H and O–H groups in total. The summed E-state index contributed by atoms with van der Waals surface area (Å²) in [5.74, 6) is 0.601. The maximum atomic E-state index is 12.2. The van der Waals surface area contributed by atoms with Crippen molar-refractivity contribution in [2.24, 2.45) is 57.2 Å². The first kappa shape index (κ1) is 35.3. The first-order chi connectivity index (χ1) is 19.9. The Morgan fingerprint density at radius 3 is 2.05 bits per heavy atom. The van der Waals surface area contributed by atoms with Crippen LogP contribution in [0.3, 0.4) is 0 Å². The summed E-state index contributed by atoms with van der Waals surface area (Å²) in [4.78, 5) is 0. The molecule has 0 amide bonds. The molecule has 9 unspecified atom stereocenters. The van der Waals surface area contributed by atoms with Crippen molar-refractivity contribution in [2.75, 3.05) is 6.61 Å². The van der Waals surface area contributed by atoms with Gasteiger partial charge in [0.2, 0.25) is 0 Å². The molecule has 7 nitrogen and oxygen atoms in total. The van der Waals surface area contributed by atoms with Gasteiger partial charge in [-0.3, -0.25) is 0 Å². The van der Waals surface area contributed by atoms with Crippen LogP contribution in [-0.4, -0.2) is 79.0 Å². The topological polar surface area (TPSA) is 142 Å². The Morgan fingerprint density at radius 2 is 1.44 bits per heavy atom. The first-order valence-corrected chi connectivity index (χ1v) is 17.2. The lowest BCUT2D eigenvalue weighted by atomic mass is 9.35. The summed E-state index contributed by atoms with van der Waals surface area (Å²) in [6, 6.07) is 0. The van der Waals surface area contributed by atoms with E-state index in [2.05, 4.69) is 54.5 Å². The van der Waals surface area contributed by atoms with Crippen LogP contribution >= 0.6 is 0 Å². The third-order valence-electron chi connectivity index (χ3n) is 14.5. The number of fused-ring (bicyclic) bond motifs is 5. The highest BCUT2D eigenvalue weighted by atomic mass is 16.4. The molecule has 4 saturated carbocycles. The second kappa shape index (κ2) is 12.6. The molecular formula is C36H64O7. The Labute approximate surface area is 260 Å². The van der Waals surface area contributed by atoms with Gasteiger partial charge in [0.25, 0.3) is 0 Å². The van der Waals surface area contributed by atoms with Crippen LogP contribution in [0, 0.1) is 57.2 Å². The highest BCUT2D eigenvalue weighted by molar-refractivity contribution is 5.19. The Kier molecular flexibility index (Phi) is 10.3. The number of aliphatic hydroxyl groups excluding tert-OH is 7. The number of hydrogen-bond donors (Lipinski definition) is 7. The van der Waals surface area contributed by atoms with Crippen LogP contribution in [0.2, 0.25) is 0 Å². The average molecular weight is 609 g/mol. The van der Waals surface area contributed by atoms with Crippen molar-refractivity contribution >= 4 is 0 Å². The largest absolute Gasteiger partial charge is 0.394 e. The fourth-order valence-corrected chi connectivity index (χ4v) is 11.8. The molecule has 0 aromatic rings. The van der Waals surface area contributed by atoms with E-state index in [1.807, 2.05) is 6.92 Å². The monoisotopic (exact) mass is 608 g/mol. The molecule has 0 heterocycles. The standard InChI is InChI=1S/C36H64O7/c1-20(2)10-9-11-22(21(3)30(41)32(43)31(42)25(39)19-37)23-12-16-36(8)29(23)24(38)18-27-34(6)15-14-28(40)33(4,5)26(34)13-17-35(27,36)7/h10,21-32,37-43H,9,11-19H2,1-8H3/t21?,22?,23?,24-,25?,26?,27?,28+,29?,30-,31?,32?,34+,35-,36-/m1/s1. The van der Waals surface area contributed by atoms with E-state index in [1.54, 1.807) is 0 Å². The van der Waals surface area contributed by atoms with Crippen molar-refractivity contribution in [3.8, 4) is 0 Å². The van der Waals surface area contributed by atoms with Gasteiger partial charge in [0, 0.05) is 0 Å². The summed E-state index contributed by atoms with van der Waals surface area (Å²) in [6.07, 6.45) is 3.72. The molecule has 0 bridgehead atoms. The van der Waals surface area contributed by atoms with Crippen LogP contribution in [0.1, 0.15) is 113 Å². The van der Waals surface area contributed by atoms with Crippen LogP contribution in [0.25, 0.3) is 0 Å². The van der Waals surface area contributed by atoms with Gasteiger partial charge in [-0.15, -0.1) is 0 Å². The Balaban J connectivity index is 1.67. The average Bonchev–Trinajstić information content (AvgIpc) is 3.31. The van der Waals surface area contributed by atoms with Gasteiger partial charge in [0.1, 0.15) is 18.3 Å². The maximum Gasteiger partial charge on any atom is 0.110 e. The van der Waals surface area contributed by atoms with Crippen molar-refractivity contribution in [1.82, 2.24) is 0 Å². The van der Waals surface area contributed by atoms with Crippen LogP contribution in [0.4, 0.5) is 0 Å². The van der Waals surface area contributed by atoms with Gasteiger partial charge >= 0.3 is 0 Å². The smallest absolute Gasteiger partial charge is 0.110 e. The molecule has 4 aliphatic carbocycles. The van der Waals surface area contributed by atoms with Gasteiger partial charge in [0.05, 0.1) is 24.9 Å². The number of rotatable bonds is 10. The van der Waals surface area contributed by atoms with Gasteiger partial charge in [0.15, 0.2) is 0 Å². The molecule has 4 aliphatic rings.